The number of hydrogen-bond acceptors (Lipinski definition) is 3. The minimum atomic E-state index is -0.109. The third-order valence-electron chi connectivity index (χ3n) is 4.60. The van der Waals surface area contributed by atoms with Gasteiger partial charge in [-0.25, -0.2) is 0 Å². The van der Waals surface area contributed by atoms with E-state index < -0.39 is 0 Å². The van der Waals surface area contributed by atoms with Crippen LogP contribution < -0.4 is 10.6 Å². The highest BCUT2D eigenvalue weighted by molar-refractivity contribution is 5.93. The van der Waals surface area contributed by atoms with Crippen LogP contribution in [0.5, 0.6) is 0 Å². The normalized spacial score (nSPS) is 17.5. The molecule has 0 radical (unpaired) electrons. The van der Waals surface area contributed by atoms with E-state index in [1.54, 1.807) is 12.1 Å². The van der Waals surface area contributed by atoms with E-state index >= 15 is 0 Å². The quantitative estimate of drug-likeness (QED) is 0.867. The topological polar surface area (TPSA) is 61.4 Å². The van der Waals surface area contributed by atoms with Gasteiger partial charge in [0.2, 0.25) is 11.8 Å². The van der Waals surface area contributed by atoms with Crippen molar-refractivity contribution in [3.63, 3.8) is 0 Å². The Morgan fingerprint density at radius 2 is 1.65 bits per heavy atom. The summed E-state index contributed by atoms with van der Waals surface area (Å²) in [6.45, 7) is 4.17. The number of piperidine rings is 1. The average molecular weight is 351 g/mol. The first kappa shape index (κ1) is 18.1. The van der Waals surface area contributed by atoms with Gasteiger partial charge in [-0.1, -0.05) is 30.3 Å². The monoisotopic (exact) mass is 351 g/mol. The molecule has 0 bridgehead atoms. The number of hydrogen-bond donors (Lipinski definition) is 2. The lowest BCUT2D eigenvalue weighted by molar-refractivity contribution is -0.121. The third-order valence-corrected chi connectivity index (χ3v) is 4.60. The number of benzene rings is 2. The van der Waals surface area contributed by atoms with Crippen LogP contribution in [-0.4, -0.2) is 29.8 Å². The Morgan fingerprint density at radius 1 is 1.00 bits per heavy atom. The van der Waals surface area contributed by atoms with Gasteiger partial charge in [0.25, 0.3) is 0 Å². The Morgan fingerprint density at radius 3 is 2.31 bits per heavy atom. The molecule has 1 heterocycles. The van der Waals surface area contributed by atoms with Gasteiger partial charge in [0.1, 0.15) is 0 Å². The molecule has 0 aromatic heterocycles. The summed E-state index contributed by atoms with van der Waals surface area (Å²) in [5.74, 6) is -0.0416. The average Bonchev–Trinajstić information content (AvgIpc) is 2.64. The van der Waals surface area contributed by atoms with E-state index in [1.165, 1.54) is 12.5 Å². The van der Waals surface area contributed by atoms with Crippen LogP contribution in [0.1, 0.15) is 25.3 Å². The summed E-state index contributed by atoms with van der Waals surface area (Å²) >= 11 is 0. The van der Waals surface area contributed by atoms with E-state index in [-0.39, 0.29) is 17.7 Å². The van der Waals surface area contributed by atoms with Crippen molar-refractivity contribution in [1.29, 1.82) is 0 Å². The summed E-state index contributed by atoms with van der Waals surface area (Å²) in [6, 6.07) is 17.6. The zero-order valence-corrected chi connectivity index (χ0v) is 15.1. The van der Waals surface area contributed by atoms with Gasteiger partial charge in [0, 0.05) is 31.4 Å². The summed E-state index contributed by atoms with van der Waals surface area (Å²) in [4.78, 5) is 26.0. The number of likely N-dealkylation sites (tertiary alicyclic amines) is 1. The first-order valence-corrected chi connectivity index (χ1v) is 9.05. The first-order chi connectivity index (χ1) is 12.6. The molecule has 3 rings (SSSR count). The summed E-state index contributed by atoms with van der Waals surface area (Å²) in [5, 5.41) is 5.72. The van der Waals surface area contributed by atoms with Crippen molar-refractivity contribution in [2.75, 3.05) is 23.7 Å². The van der Waals surface area contributed by atoms with Crippen LogP contribution in [0.15, 0.2) is 54.6 Å². The van der Waals surface area contributed by atoms with Crippen molar-refractivity contribution < 1.29 is 9.59 Å². The second kappa shape index (κ2) is 8.63. The first-order valence-electron chi connectivity index (χ1n) is 9.05. The molecule has 1 atom stereocenters. The summed E-state index contributed by atoms with van der Waals surface area (Å²) in [7, 11) is 0. The highest BCUT2D eigenvalue weighted by Gasteiger charge is 2.25. The Bertz CT molecular complexity index is 744. The van der Waals surface area contributed by atoms with Gasteiger partial charge in [-0.2, -0.15) is 0 Å². The summed E-state index contributed by atoms with van der Waals surface area (Å²) < 4.78 is 0. The molecule has 0 aliphatic carbocycles. The minimum Gasteiger partial charge on any atom is -0.326 e. The smallest absolute Gasteiger partial charge is 0.228 e. The number of carbonyl (C=O) groups excluding carboxylic acids is 2. The fourth-order valence-corrected chi connectivity index (χ4v) is 3.34. The maximum Gasteiger partial charge on any atom is 0.228 e. The maximum atomic E-state index is 12.6. The molecule has 5 heteroatoms. The fourth-order valence-electron chi connectivity index (χ4n) is 3.34. The van der Waals surface area contributed by atoms with E-state index in [1.807, 2.05) is 30.3 Å². The molecular weight excluding hydrogens is 326 g/mol. The molecule has 0 saturated carbocycles. The van der Waals surface area contributed by atoms with Crippen molar-refractivity contribution >= 4 is 23.2 Å². The minimum absolute atomic E-state index is 0.00230. The highest BCUT2D eigenvalue weighted by atomic mass is 16.2. The van der Waals surface area contributed by atoms with Crippen LogP contribution in [0, 0.1) is 5.92 Å². The molecule has 1 fully saturated rings. The predicted octanol–water partition coefficient (Wildman–Crippen LogP) is 3.50. The lowest BCUT2D eigenvalue weighted by Crippen LogP contribution is -2.40. The van der Waals surface area contributed by atoms with Gasteiger partial charge in [-0.15, -0.1) is 0 Å². The van der Waals surface area contributed by atoms with E-state index in [0.717, 1.165) is 43.9 Å². The number of carbonyl (C=O) groups is 2. The second-order valence-corrected chi connectivity index (χ2v) is 6.81. The molecule has 1 saturated heterocycles. The van der Waals surface area contributed by atoms with E-state index in [2.05, 4.69) is 27.7 Å². The van der Waals surface area contributed by atoms with Crippen molar-refractivity contribution in [2.24, 2.45) is 5.92 Å². The van der Waals surface area contributed by atoms with E-state index in [0.29, 0.717) is 0 Å². The summed E-state index contributed by atoms with van der Waals surface area (Å²) in [6.07, 6.45) is 1.95. The third kappa shape index (κ3) is 5.17. The standard InChI is InChI=1S/C21H25N3O2/c1-16(25)22-19-9-11-20(12-10-19)23-21(26)18-8-5-13-24(15-18)14-17-6-3-2-4-7-17/h2-4,6-7,9-12,18H,5,8,13-15H2,1H3,(H,22,25)(H,23,26). The Hall–Kier alpha value is -2.66. The van der Waals surface area contributed by atoms with Crippen LogP contribution in [0.2, 0.25) is 0 Å². The van der Waals surface area contributed by atoms with Crippen LogP contribution in [0.3, 0.4) is 0 Å². The molecule has 26 heavy (non-hydrogen) atoms. The fraction of sp³-hybridized carbons (Fsp3) is 0.333. The van der Waals surface area contributed by atoms with Crippen molar-refractivity contribution in [2.45, 2.75) is 26.3 Å². The van der Waals surface area contributed by atoms with Gasteiger partial charge < -0.3 is 10.6 Å². The van der Waals surface area contributed by atoms with Crippen molar-refractivity contribution in [1.82, 2.24) is 4.90 Å². The van der Waals surface area contributed by atoms with Crippen LogP contribution in [-0.2, 0) is 16.1 Å². The largest absolute Gasteiger partial charge is 0.326 e. The van der Waals surface area contributed by atoms with Crippen molar-refractivity contribution in [3.05, 3.63) is 60.2 Å². The molecule has 2 aromatic rings. The van der Waals surface area contributed by atoms with E-state index in [4.69, 9.17) is 0 Å². The lowest BCUT2D eigenvalue weighted by Gasteiger charge is -2.32. The molecule has 2 amide bonds. The maximum absolute atomic E-state index is 12.6. The highest BCUT2D eigenvalue weighted by Crippen LogP contribution is 2.21. The van der Waals surface area contributed by atoms with E-state index in [9.17, 15) is 9.59 Å². The molecule has 136 valence electrons. The van der Waals surface area contributed by atoms with Crippen LogP contribution in [0.4, 0.5) is 11.4 Å². The Labute approximate surface area is 154 Å². The van der Waals surface area contributed by atoms with Crippen molar-refractivity contribution in [3.8, 4) is 0 Å². The Kier molecular flexibility index (Phi) is 6.02. The zero-order valence-electron chi connectivity index (χ0n) is 15.1. The van der Waals surface area contributed by atoms with Gasteiger partial charge in [0.05, 0.1) is 5.92 Å². The summed E-state index contributed by atoms with van der Waals surface area (Å²) in [5.41, 5.74) is 2.76. The molecule has 2 N–H and O–H groups in total. The van der Waals surface area contributed by atoms with Crippen LogP contribution >= 0.6 is 0 Å². The molecule has 0 spiro atoms. The molecule has 1 unspecified atom stereocenters. The number of rotatable bonds is 5. The number of nitrogens with one attached hydrogen (secondary N) is 2. The molecule has 5 nitrogen and oxygen atoms in total. The van der Waals surface area contributed by atoms with Gasteiger partial charge in [-0.05, 0) is 49.2 Å². The zero-order chi connectivity index (χ0) is 18.4. The van der Waals surface area contributed by atoms with Gasteiger partial charge in [-0.3, -0.25) is 14.5 Å². The predicted molar refractivity (Wildman–Crippen MR) is 104 cm³/mol. The SMILES string of the molecule is CC(=O)Nc1ccc(NC(=O)C2CCCN(Cc3ccccc3)C2)cc1. The molecule has 1 aliphatic rings. The van der Waals surface area contributed by atoms with Gasteiger partial charge in [0.15, 0.2) is 0 Å². The number of amides is 2. The Balaban J connectivity index is 1.54. The second-order valence-electron chi connectivity index (χ2n) is 6.81. The number of anilines is 2. The van der Waals surface area contributed by atoms with Gasteiger partial charge >= 0.3 is 0 Å². The molecule has 1 aliphatic heterocycles. The van der Waals surface area contributed by atoms with Crippen LogP contribution in [0.25, 0.3) is 0 Å². The molecule has 2 aromatic carbocycles. The lowest BCUT2D eigenvalue weighted by atomic mass is 9.96. The molecular formula is C21H25N3O2. The number of nitrogens with zero attached hydrogens (tertiary/aromatic N) is 1.